The topological polar surface area (TPSA) is 511 Å². The van der Waals surface area contributed by atoms with Crippen LogP contribution in [-0.4, -0.2) is 165 Å². The number of fused-ring (bicyclic) bond motifs is 10. The van der Waals surface area contributed by atoms with Crippen LogP contribution in [0.3, 0.4) is 0 Å². The lowest BCUT2D eigenvalue weighted by Gasteiger charge is -2.47. The van der Waals surface area contributed by atoms with E-state index in [1.165, 1.54) is 6.07 Å². The van der Waals surface area contributed by atoms with Crippen LogP contribution in [0.25, 0.3) is 27.8 Å². The number of ether oxygens (including phenoxy) is 7. The molecule has 9 atom stereocenters. The predicted octanol–water partition coefficient (Wildman–Crippen LogP) is 2.42. The third kappa shape index (κ3) is 6.83. The van der Waals surface area contributed by atoms with E-state index in [0.29, 0.717) is 18.2 Å². The molecule has 436 valence electrons. The van der Waals surface area contributed by atoms with Gasteiger partial charge in [-0.05, 0) is 35.9 Å². The lowest BCUT2D eigenvalue weighted by Crippen LogP contribution is -2.65. The number of carbonyl (C=O) groups excluding carboxylic acids is 6. The molecule has 0 saturated carbocycles. The highest BCUT2D eigenvalue weighted by Gasteiger charge is 2.76. The number of aliphatic hydroxyl groups excluding tert-OH is 2. The number of hydrogen-bond acceptors (Lipinski definition) is 30. The Morgan fingerprint density at radius 2 is 1.00 bits per heavy atom. The molecule has 0 aromatic heterocycles. The Bertz CT molecular complexity index is 4230. The standard InChI is InChI=1S/C55H36O30/c56-15-2-1-10(3-17(15)58)44-21(62)4-11-16(57)8-22-27(45(11)81-44)32-47-48-46-23(9-79-50(74)12-5-18(59)34(63)37(66)24(12)25-13(52(76)82-46)6-19(60)35(64)38(25)67)80-51(75)14-7-20(61)36(65)39(68)26(14)28-30(53(77)84-48)29(41(70)43(72)40(28)69)31-33(54(78)83-47)55(32,85-22)49(73)42(31)71/h1-3,5-8,21,23,32-33,44,46-48,56-72H,4,9H2/t21-,23+,32+,33-,44+,46+,47+,48+,55-/m0/s1. The fraction of sp³-hybridized carbons (Fsp3) is 0.200. The molecule has 6 aromatic rings. The van der Waals surface area contributed by atoms with Crippen LogP contribution in [-0.2, 0) is 39.7 Å². The van der Waals surface area contributed by atoms with E-state index in [9.17, 15) is 91.6 Å². The van der Waals surface area contributed by atoms with Gasteiger partial charge in [-0.3, -0.25) is 9.59 Å². The van der Waals surface area contributed by atoms with Gasteiger partial charge in [-0.2, -0.15) is 0 Å². The average Bonchev–Trinajstić information content (AvgIpc) is 1.55. The van der Waals surface area contributed by atoms with Gasteiger partial charge in [-0.1, -0.05) is 6.07 Å². The Morgan fingerprint density at radius 3 is 1.60 bits per heavy atom. The van der Waals surface area contributed by atoms with Crippen molar-refractivity contribution in [3.05, 3.63) is 92.7 Å². The molecule has 6 bridgehead atoms. The van der Waals surface area contributed by atoms with Gasteiger partial charge < -0.3 is 120 Å². The molecule has 6 aromatic carbocycles. The van der Waals surface area contributed by atoms with Crippen LogP contribution in [0, 0.1) is 5.92 Å². The fourth-order valence-electron chi connectivity index (χ4n) is 12.4. The summed E-state index contributed by atoms with van der Waals surface area (Å²) in [6.07, 6.45) is -14.9. The van der Waals surface area contributed by atoms with Gasteiger partial charge in [0.25, 0.3) is 0 Å². The molecular weight excluding hydrogens is 1140 g/mol. The summed E-state index contributed by atoms with van der Waals surface area (Å²) >= 11 is 0. The molecule has 1 spiro atoms. The van der Waals surface area contributed by atoms with E-state index in [0.717, 1.165) is 18.2 Å². The summed E-state index contributed by atoms with van der Waals surface area (Å²) in [6.45, 7) is -1.57. The second-order valence-corrected chi connectivity index (χ2v) is 20.5. The lowest BCUT2D eigenvalue weighted by molar-refractivity contribution is -0.200. The summed E-state index contributed by atoms with van der Waals surface area (Å²) < 4.78 is 42.7. The first-order valence-corrected chi connectivity index (χ1v) is 24.8. The molecular formula is C55H36O30. The molecule has 17 N–H and O–H groups in total. The maximum absolute atomic E-state index is 15.8. The predicted molar refractivity (Wildman–Crippen MR) is 267 cm³/mol. The van der Waals surface area contributed by atoms with Crippen molar-refractivity contribution in [1.82, 2.24) is 0 Å². The summed E-state index contributed by atoms with van der Waals surface area (Å²) in [5.74, 6) is -39.1. The monoisotopic (exact) mass is 1180 g/mol. The van der Waals surface area contributed by atoms with E-state index < -0.39 is 267 Å². The highest BCUT2D eigenvalue weighted by atomic mass is 16.6. The third-order valence-electron chi connectivity index (χ3n) is 16.1. The number of benzene rings is 6. The minimum absolute atomic E-state index is 0.0522. The Labute approximate surface area is 468 Å². The number of hydrogen-bond donors (Lipinski definition) is 17. The molecule has 85 heavy (non-hydrogen) atoms. The first-order chi connectivity index (χ1) is 40.2. The molecule has 0 amide bonds. The van der Waals surface area contributed by atoms with E-state index in [4.69, 9.17) is 33.2 Å². The SMILES string of the molecule is O=C1OC[C@H]2OC(=O)c3cc(O)c(O)c(O)c3-c3c(O)c(O)c(O)c4c3C(=O)O[C@@H]([C@@H]3OC(=O)[C@@H]5C4=C(O)C(=O)[C@@]54Oc5cc(O)c6c(c5[C@H]34)O[C@H](c3ccc(O)c(O)c3)[C@@H](O)C6)[C@@H]2OC(=O)c2cc(O)c(O)c(O)c2-c2c1cc(O)c(O)c2O. The van der Waals surface area contributed by atoms with E-state index in [2.05, 4.69) is 0 Å². The molecule has 7 heterocycles. The molecule has 1 saturated heterocycles. The van der Waals surface area contributed by atoms with Crippen LogP contribution in [0.1, 0.15) is 75.7 Å². The normalized spacial score (nSPS) is 25.0. The van der Waals surface area contributed by atoms with Gasteiger partial charge >= 0.3 is 29.8 Å². The van der Waals surface area contributed by atoms with Crippen molar-refractivity contribution in [2.45, 2.75) is 54.6 Å². The van der Waals surface area contributed by atoms with Crippen molar-refractivity contribution in [3.8, 4) is 120 Å². The highest BCUT2D eigenvalue weighted by Crippen LogP contribution is 2.68. The van der Waals surface area contributed by atoms with Gasteiger partial charge in [0.2, 0.25) is 34.4 Å². The zero-order valence-corrected chi connectivity index (χ0v) is 42.0. The van der Waals surface area contributed by atoms with Crippen LogP contribution < -0.4 is 9.47 Å². The van der Waals surface area contributed by atoms with Crippen LogP contribution in [0.15, 0.2) is 48.2 Å². The summed E-state index contributed by atoms with van der Waals surface area (Å²) in [4.78, 5) is 91.7. The van der Waals surface area contributed by atoms with Crippen molar-refractivity contribution in [1.29, 1.82) is 0 Å². The van der Waals surface area contributed by atoms with Crippen LogP contribution in [0.5, 0.6) is 97.7 Å². The van der Waals surface area contributed by atoms with Gasteiger partial charge in [0.05, 0.1) is 34.3 Å². The van der Waals surface area contributed by atoms with Gasteiger partial charge in [-0.25, -0.2) is 19.2 Å². The average molecular weight is 1180 g/mol. The van der Waals surface area contributed by atoms with E-state index in [1.807, 2.05) is 0 Å². The fourth-order valence-corrected chi connectivity index (χ4v) is 12.4. The molecule has 1 fully saturated rings. The number of ketones is 1. The molecule has 8 aliphatic rings. The van der Waals surface area contributed by atoms with Gasteiger partial charge in [0.1, 0.15) is 35.9 Å². The van der Waals surface area contributed by atoms with Gasteiger partial charge in [0, 0.05) is 57.0 Å². The highest BCUT2D eigenvalue weighted by molar-refractivity contribution is 6.22. The van der Waals surface area contributed by atoms with E-state index in [1.54, 1.807) is 0 Å². The van der Waals surface area contributed by atoms with Crippen molar-refractivity contribution in [2.75, 3.05) is 6.61 Å². The van der Waals surface area contributed by atoms with Crippen LogP contribution in [0.2, 0.25) is 0 Å². The third-order valence-corrected chi connectivity index (χ3v) is 16.1. The van der Waals surface area contributed by atoms with E-state index >= 15 is 24.0 Å². The zero-order valence-electron chi connectivity index (χ0n) is 42.0. The summed E-state index contributed by atoms with van der Waals surface area (Å²) in [5.41, 5.74) is -16.7. The lowest BCUT2D eigenvalue weighted by atomic mass is 9.66. The zero-order chi connectivity index (χ0) is 60.8. The Kier molecular flexibility index (Phi) is 10.9. The summed E-state index contributed by atoms with van der Waals surface area (Å²) in [7, 11) is 0. The maximum atomic E-state index is 15.8. The number of carbonyl (C=O) groups is 6. The molecule has 1 aliphatic carbocycles. The minimum Gasteiger partial charge on any atom is -0.507 e. The van der Waals surface area contributed by atoms with Crippen molar-refractivity contribution < 1.29 is 149 Å². The summed E-state index contributed by atoms with van der Waals surface area (Å²) in [6, 6.07) is 5.15. The van der Waals surface area contributed by atoms with Crippen LogP contribution >= 0.6 is 0 Å². The van der Waals surface area contributed by atoms with Gasteiger partial charge in [-0.15, -0.1) is 0 Å². The van der Waals surface area contributed by atoms with E-state index in [-0.39, 0.29) is 11.1 Å². The molecule has 0 unspecified atom stereocenters. The maximum Gasteiger partial charge on any atom is 0.340 e. The Hall–Kier alpha value is -11.6. The van der Waals surface area contributed by atoms with Crippen molar-refractivity contribution >= 4 is 41.2 Å². The largest absolute Gasteiger partial charge is 0.507 e. The molecule has 30 nitrogen and oxygen atoms in total. The first-order valence-electron chi connectivity index (χ1n) is 24.8. The number of Topliss-reactive ketones (excluding diaryl/α,β-unsaturated/α-hetero) is 1. The Morgan fingerprint density at radius 1 is 0.459 bits per heavy atom. The number of phenolic OH excluding ortho intramolecular Hbond substituents is 15. The second-order valence-electron chi connectivity index (χ2n) is 20.5. The van der Waals surface area contributed by atoms with Crippen LogP contribution in [0.4, 0.5) is 0 Å². The number of phenols is 15. The summed E-state index contributed by atoms with van der Waals surface area (Å²) in [5, 5.41) is 192. The quantitative estimate of drug-likeness (QED) is 0.0638. The smallest absolute Gasteiger partial charge is 0.340 e. The van der Waals surface area contributed by atoms with Crippen molar-refractivity contribution in [3.63, 3.8) is 0 Å². The number of esters is 5. The number of aliphatic hydroxyl groups is 2. The molecule has 0 radical (unpaired) electrons. The first kappa shape index (κ1) is 52.8. The van der Waals surface area contributed by atoms with Crippen molar-refractivity contribution in [2.24, 2.45) is 5.92 Å². The molecule has 14 rings (SSSR count). The Balaban J connectivity index is 1.15. The molecule has 30 heteroatoms. The minimum atomic E-state index is -3.14. The number of aromatic hydroxyl groups is 15. The number of cyclic esters (lactones) is 1. The molecule has 7 aliphatic heterocycles. The van der Waals surface area contributed by atoms with Gasteiger partial charge in [0.15, 0.2) is 87.7 Å². The number of rotatable bonds is 1. The second kappa shape index (κ2) is 17.5.